The highest BCUT2D eigenvalue weighted by Crippen LogP contribution is 2.23. The van der Waals surface area contributed by atoms with E-state index in [4.69, 9.17) is 0 Å². The third-order valence-corrected chi connectivity index (χ3v) is 3.62. The molecule has 1 aromatic carbocycles. The summed E-state index contributed by atoms with van der Waals surface area (Å²) in [7, 11) is 4.14. The van der Waals surface area contributed by atoms with Gasteiger partial charge >= 0.3 is 0 Å². The molecule has 0 aliphatic heterocycles. The Morgan fingerprint density at radius 1 is 1.22 bits per heavy atom. The molecular weight excluding hydrogens is 288 g/mol. The lowest BCUT2D eigenvalue weighted by molar-refractivity contribution is 0.405. The average molecular weight is 314 g/mol. The van der Waals surface area contributed by atoms with Crippen LogP contribution in [0.2, 0.25) is 0 Å². The highest BCUT2D eigenvalue weighted by atomic mass is 15.3. The van der Waals surface area contributed by atoms with E-state index in [-0.39, 0.29) is 0 Å². The first-order valence-electron chi connectivity index (χ1n) is 8.04. The van der Waals surface area contributed by atoms with Gasteiger partial charge in [0.25, 0.3) is 0 Å². The predicted molar refractivity (Wildman–Crippen MR) is 95.3 cm³/mol. The van der Waals surface area contributed by atoms with Crippen molar-refractivity contribution in [3.8, 4) is 0 Å². The van der Waals surface area contributed by atoms with Gasteiger partial charge in [-0.05, 0) is 51.5 Å². The van der Waals surface area contributed by atoms with E-state index >= 15 is 0 Å². The molecule has 0 unspecified atom stereocenters. The summed E-state index contributed by atoms with van der Waals surface area (Å²) in [6.07, 6.45) is 3.66. The highest BCUT2D eigenvalue weighted by Gasteiger charge is 2.07. The van der Waals surface area contributed by atoms with Gasteiger partial charge in [0.05, 0.1) is 6.20 Å². The van der Waals surface area contributed by atoms with Crippen molar-refractivity contribution < 1.29 is 0 Å². The first-order valence-corrected chi connectivity index (χ1v) is 8.04. The SMILES string of the molecule is CCc1cccc(C)c1Nc1nncc(NCCCN(C)C)n1. The van der Waals surface area contributed by atoms with Crippen molar-refractivity contribution in [2.24, 2.45) is 0 Å². The second-order valence-electron chi connectivity index (χ2n) is 5.84. The number of rotatable bonds is 8. The molecular formula is C17H26N6. The summed E-state index contributed by atoms with van der Waals surface area (Å²) >= 11 is 0. The maximum atomic E-state index is 4.49. The fourth-order valence-electron chi connectivity index (χ4n) is 2.37. The Kier molecular flexibility index (Phi) is 6.29. The molecule has 0 atom stereocenters. The fraction of sp³-hybridized carbons (Fsp3) is 0.471. The van der Waals surface area contributed by atoms with Gasteiger partial charge in [-0.2, -0.15) is 10.1 Å². The minimum atomic E-state index is 0.520. The number of anilines is 3. The lowest BCUT2D eigenvalue weighted by Gasteiger charge is -2.13. The molecule has 6 heteroatoms. The van der Waals surface area contributed by atoms with E-state index in [1.807, 2.05) is 0 Å². The summed E-state index contributed by atoms with van der Waals surface area (Å²) in [4.78, 5) is 6.66. The van der Waals surface area contributed by atoms with Crippen LogP contribution in [-0.2, 0) is 6.42 Å². The molecule has 124 valence electrons. The van der Waals surface area contributed by atoms with Crippen molar-refractivity contribution >= 4 is 17.5 Å². The van der Waals surface area contributed by atoms with Crippen LogP contribution < -0.4 is 10.6 Å². The number of benzene rings is 1. The summed E-state index contributed by atoms with van der Waals surface area (Å²) in [5.41, 5.74) is 3.50. The number of aryl methyl sites for hydroxylation is 2. The molecule has 1 heterocycles. The topological polar surface area (TPSA) is 66.0 Å². The van der Waals surface area contributed by atoms with Crippen LogP contribution in [0.15, 0.2) is 24.4 Å². The minimum absolute atomic E-state index is 0.520. The van der Waals surface area contributed by atoms with Crippen LogP contribution in [-0.4, -0.2) is 47.3 Å². The van der Waals surface area contributed by atoms with Gasteiger partial charge in [-0.15, -0.1) is 5.10 Å². The lowest BCUT2D eigenvalue weighted by Crippen LogP contribution is -2.17. The van der Waals surface area contributed by atoms with Crippen LogP contribution in [0.5, 0.6) is 0 Å². The van der Waals surface area contributed by atoms with Crippen LogP contribution >= 0.6 is 0 Å². The summed E-state index contributed by atoms with van der Waals surface area (Å²) in [5, 5.41) is 14.7. The zero-order valence-electron chi connectivity index (χ0n) is 14.4. The summed E-state index contributed by atoms with van der Waals surface area (Å²) in [5.74, 6) is 1.26. The largest absolute Gasteiger partial charge is 0.369 e. The Morgan fingerprint density at radius 2 is 2.04 bits per heavy atom. The Balaban J connectivity index is 2.03. The maximum Gasteiger partial charge on any atom is 0.249 e. The van der Waals surface area contributed by atoms with Crippen LogP contribution in [0, 0.1) is 6.92 Å². The number of para-hydroxylation sites is 1. The first-order chi connectivity index (χ1) is 11.1. The Morgan fingerprint density at radius 3 is 2.78 bits per heavy atom. The van der Waals surface area contributed by atoms with E-state index in [1.54, 1.807) is 6.20 Å². The van der Waals surface area contributed by atoms with Gasteiger partial charge in [-0.3, -0.25) is 0 Å². The van der Waals surface area contributed by atoms with Crippen molar-refractivity contribution in [2.45, 2.75) is 26.7 Å². The van der Waals surface area contributed by atoms with Crippen molar-refractivity contribution in [1.82, 2.24) is 20.1 Å². The molecule has 0 saturated carbocycles. The molecule has 0 radical (unpaired) electrons. The number of nitrogens with zero attached hydrogens (tertiary/aromatic N) is 4. The Bertz CT molecular complexity index is 626. The van der Waals surface area contributed by atoms with Crippen LogP contribution in [0.25, 0.3) is 0 Å². The zero-order chi connectivity index (χ0) is 16.7. The predicted octanol–water partition coefficient (Wildman–Crippen LogP) is 2.85. The smallest absolute Gasteiger partial charge is 0.249 e. The van der Waals surface area contributed by atoms with E-state index in [0.717, 1.165) is 37.4 Å². The van der Waals surface area contributed by atoms with Crippen molar-refractivity contribution in [1.29, 1.82) is 0 Å². The number of hydrogen-bond acceptors (Lipinski definition) is 6. The second kappa shape index (κ2) is 8.43. The van der Waals surface area contributed by atoms with E-state index in [9.17, 15) is 0 Å². The molecule has 2 N–H and O–H groups in total. The van der Waals surface area contributed by atoms with Crippen LogP contribution in [0.3, 0.4) is 0 Å². The molecule has 0 aliphatic rings. The Labute approximate surface area is 138 Å². The van der Waals surface area contributed by atoms with Gasteiger partial charge in [-0.1, -0.05) is 25.1 Å². The average Bonchev–Trinajstić information content (AvgIpc) is 2.54. The Hall–Kier alpha value is -2.21. The van der Waals surface area contributed by atoms with Gasteiger partial charge in [0.2, 0.25) is 5.95 Å². The minimum Gasteiger partial charge on any atom is -0.369 e. The first kappa shape index (κ1) is 17.1. The summed E-state index contributed by atoms with van der Waals surface area (Å²) in [6.45, 7) is 6.13. The second-order valence-corrected chi connectivity index (χ2v) is 5.84. The van der Waals surface area contributed by atoms with E-state index in [2.05, 4.69) is 76.9 Å². The van der Waals surface area contributed by atoms with E-state index < -0.39 is 0 Å². The van der Waals surface area contributed by atoms with E-state index in [1.165, 1.54) is 11.1 Å². The molecule has 23 heavy (non-hydrogen) atoms. The third kappa shape index (κ3) is 5.17. The third-order valence-electron chi connectivity index (χ3n) is 3.62. The fourth-order valence-corrected chi connectivity index (χ4v) is 2.37. The van der Waals surface area contributed by atoms with Crippen LogP contribution in [0.1, 0.15) is 24.5 Å². The van der Waals surface area contributed by atoms with Gasteiger partial charge in [0.15, 0.2) is 5.82 Å². The normalized spacial score (nSPS) is 10.8. The molecule has 0 fully saturated rings. The summed E-state index contributed by atoms with van der Waals surface area (Å²) < 4.78 is 0. The quantitative estimate of drug-likeness (QED) is 0.730. The molecule has 0 aliphatic carbocycles. The van der Waals surface area contributed by atoms with Gasteiger partial charge in [-0.25, -0.2) is 0 Å². The molecule has 2 rings (SSSR count). The maximum absolute atomic E-state index is 4.49. The summed E-state index contributed by atoms with van der Waals surface area (Å²) in [6, 6.07) is 6.27. The standard InChI is InChI=1S/C17H26N6/c1-5-14-9-6-8-13(2)16(14)21-17-20-15(12-19-22-17)18-10-7-11-23(3)4/h6,8-9,12H,5,7,10-11H2,1-4H3,(H2,18,20,21,22). The monoisotopic (exact) mass is 314 g/mol. The van der Waals surface area contributed by atoms with Gasteiger partial charge in [0.1, 0.15) is 0 Å². The van der Waals surface area contributed by atoms with Gasteiger partial charge < -0.3 is 15.5 Å². The van der Waals surface area contributed by atoms with Crippen LogP contribution in [0.4, 0.5) is 17.5 Å². The van der Waals surface area contributed by atoms with Crippen molar-refractivity contribution in [2.75, 3.05) is 37.8 Å². The molecule has 2 aromatic rings. The zero-order valence-corrected chi connectivity index (χ0v) is 14.4. The molecule has 0 amide bonds. The highest BCUT2D eigenvalue weighted by molar-refractivity contribution is 5.63. The lowest BCUT2D eigenvalue weighted by atomic mass is 10.1. The van der Waals surface area contributed by atoms with Crippen molar-refractivity contribution in [3.63, 3.8) is 0 Å². The number of hydrogen-bond donors (Lipinski definition) is 2. The van der Waals surface area contributed by atoms with E-state index in [0.29, 0.717) is 5.95 Å². The molecule has 0 spiro atoms. The van der Waals surface area contributed by atoms with Gasteiger partial charge in [0, 0.05) is 12.2 Å². The molecule has 1 aromatic heterocycles. The van der Waals surface area contributed by atoms with Crippen molar-refractivity contribution in [3.05, 3.63) is 35.5 Å². The molecule has 6 nitrogen and oxygen atoms in total. The number of aromatic nitrogens is 3. The molecule has 0 bridgehead atoms. The molecule has 0 saturated heterocycles. The number of nitrogens with one attached hydrogen (secondary N) is 2.